The lowest BCUT2D eigenvalue weighted by molar-refractivity contribution is -0.442. The number of anilines is 1. The molecule has 2 unspecified atom stereocenters. The van der Waals surface area contributed by atoms with E-state index in [2.05, 4.69) is 0 Å². The van der Waals surface area contributed by atoms with E-state index in [1.165, 1.54) is 37.4 Å². The molecule has 0 radical (unpaired) electrons. The average Bonchev–Trinajstić information content (AvgIpc) is 3.61. The van der Waals surface area contributed by atoms with Gasteiger partial charge < -0.3 is 52.1 Å². The Morgan fingerprint density at radius 3 is 1.82 bits per heavy atom. The molecule has 2 atom stereocenters. The third kappa shape index (κ3) is 15.4. The Bertz CT molecular complexity index is 2390. The normalized spacial score (nSPS) is 19.4. The van der Waals surface area contributed by atoms with Crippen LogP contribution >= 0.6 is 0 Å². The van der Waals surface area contributed by atoms with Gasteiger partial charge in [-0.05, 0) is 87.9 Å². The van der Waals surface area contributed by atoms with E-state index >= 15 is 0 Å². The number of methoxy groups -OCH3 is 2. The quantitative estimate of drug-likeness (QED) is 0.0620. The smallest absolute Gasteiger partial charge is 0.303 e. The van der Waals surface area contributed by atoms with Gasteiger partial charge in [0.2, 0.25) is 5.69 Å². The molecule has 2 aromatic carbocycles. The van der Waals surface area contributed by atoms with Gasteiger partial charge >= 0.3 is 5.97 Å². The third-order valence-electron chi connectivity index (χ3n) is 11.7. The van der Waals surface area contributed by atoms with Crippen LogP contribution in [0.2, 0.25) is 0 Å². The first kappa shape index (κ1) is 55.0. The van der Waals surface area contributed by atoms with Gasteiger partial charge in [-0.2, -0.15) is 4.58 Å². The molecule has 19 nitrogen and oxygen atoms in total. The number of hydrogen-bond acceptors (Lipinski definition) is 17. The highest BCUT2D eigenvalue weighted by molar-refractivity contribution is 7.86. The van der Waals surface area contributed by atoms with Crippen LogP contribution in [0.1, 0.15) is 69.9 Å². The lowest BCUT2D eigenvalue weighted by Crippen LogP contribution is -2.33. The van der Waals surface area contributed by atoms with Gasteiger partial charge in [-0.15, -0.1) is 0 Å². The predicted molar refractivity (Wildman–Crippen MR) is 239 cm³/mol. The van der Waals surface area contributed by atoms with Crippen molar-refractivity contribution < 1.29 is 81.8 Å². The van der Waals surface area contributed by atoms with Gasteiger partial charge in [-0.1, -0.05) is 12.5 Å². The molecular formula is C44H62N2O17S3-2. The minimum Gasteiger partial charge on any atom is -0.748 e. The molecule has 22 heteroatoms. The Morgan fingerprint density at radius 2 is 1.26 bits per heavy atom. The van der Waals surface area contributed by atoms with E-state index < -0.39 is 62.7 Å². The number of nitrogens with zero attached hydrogens (tertiary/aromatic N) is 2. The Hall–Kier alpha value is -3.65. The van der Waals surface area contributed by atoms with Crippen LogP contribution in [-0.2, 0) is 74.4 Å². The zero-order valence-corrected chi connectivity index (χ0v) is 40.4. The fraction of sp³-hybridized carbons (Fsp3) is 0.591. The van der Waals surface area contributed by atoms with Gasteiger partial charge in [0.15, 0.2) is 12.3 Å². The molecular weight excluding hydrogens is 925 g/mol. The van der Waals surface area contributed by atoms with Crippen LogP contribution in [0.3, 0.4) is 0 Å². The van der Waals surface area contributed by atoms with Gasteiger partial charge in [0, 0.05) is 74.1 Å². The van der Waals surface area contributed by atoms with E-state index in [4.69, 9.17) is 28.4 Å². The summed E-state index contributed by atoms with van der Waals surface area (Å²) in [4.78, 5) is 12.3. The Balaban J connectivity index is 1.72. The van der Waals surface area contributed by atoms with Crippen molar-refractivity contribution in [1.29, 1.82) is 0 Å². The number of carboxylic acids is 1. The largest absolute Gasteiger partial charge is 0.748 e. The number of rotatable bonds is 32. The summed E-state index contributed by atoms with van der Waals surface area (Å²) in [5.74, 6) is -1.60. The van der Waals surface area contributed by atoms with Crippen LogP contribution in [-0.4, -0.2) is 159 Å². The molecule has 2 heterocycles. The molecule has 0 saturated carbocycles. The number of allylic oxidation sites excluding steroid dienone is 4. The van der Waals surface area contributed by atoms with Crippen molar-refractivity contribution in [3.63, 3.8) is 0 Å². The molecule has 0 aromatic heterocycles. The fourth-order valence-corrected chi connectivity index (χ4v) is 9.80. The minimum absolute atomic E-state index is 0.00110. The van der Waals surface area contributed by atoms with Gasteiger partial charge in [-0.25, -0.2) is 25.3 Å². The minimum atomic E-state index is -4.92. The number of ether oxygens (including phenoxy) is 6. The summed E-state index contributed by atoms with van der Waals surface area (Å²) < 4.78 is 144. The first-order valence-electron chi connectivity index (χ1n) is 21.6. The third-order valence-corrected chi connectivity index (χ3v) is 14.1. The van der Waals surface area contributed by atoms with Crippen molar-refractivity contribution in [3.8, 4) is 0 Å². The standard InChI is InChI=1S/C44H64N2O17S3/c1-43(17-9-31-64(49,50)51)36-32-34(65(52,53)54)14-16-39(36)46(20-22-60-25-26-62-29-30-63-28-27-61-24-23-59-4)40(43)10-8-11-41-44(2,18-21-58-3)37-33-35(66(55,56)57)13-15-38(37)45(41)19-7-5-6-12-42(47)48/h8,10-11,13-16,32-33H,5-7,9,12,17-31H2,1-4H3,(H3-,47,48,49,50,51,52,53,54,55,56,57)/p-2. The molecule has 2 aliphatic heterocycles. The predicted octanol–water partition coefficient (Wildman–Crippen LogP) is 3.79. The van der Waals surface area contributed by atoms with Crippen LogP contribution in [0.25, 0.3) is 0 Å². The number of carbonyl (C=O) groups is 1. The Morgan fingerprint density at radius 1 is 0.697 bits per heavy atom. The van der Waals surface area contributed by atoms with Gasteiger partial charge in [0.1, 0.15) is 26.8 Å². The maximum absolute atomic E-state index is 12.3. The van der Waals surface area contributed by atoms with E-state index in [0.717, 1.165) is 5.70 Å². The topological polar surface area (TPSA) is 271 Å². The molecule has 0 aliphatic carbocycles. The SMILES string of the molecule is COCCOCCOCCOCCOCC[N+]1=C(C=CC=C2N(CCCCCC(=O)O)c3ccc(S(=O)(=O)[O-])cc3C2(C)CCOC)C(C)(CCCS(=O)(=O)[O-])c2cc(S(=O)(=O)[O-])ccc21. The van der Waals surface area contributed by atoms with E-state index in [9.17, 15) is 48.8 Å². The maximum Gasteiger partial charge on any atom is 0.303 e. The summed E-state index contributed by atoms with van der Waals surface area (Å²) in [6, 6.07) is 8.21. The second-order valence-electron chi connectivity index (χ2n) is 16.3. The van der Waals surface area contributed by atoms with E-state index in [1.807, 2.05) is 22.5 Å². The number of aliphatic carboxylic acids is 1. The van der Waals surface area contributed by atoms with Crippen molar-refractivity contribution in [1.82, 2.24) is 0 Å². The molecule has 0 spiro atoms. The summed E-state index contributed by atoms with van der Waals surface area (Å²) in [7, 11) is -11.2. The van der Waals surface area contributed by atoms with E-state index in [0.29, 0.717) is 100 Å². The molecule has 0 amide bonds. The van der Waals surface area contributed by atoms with Crippen molar-refractivity contribution in [3.05, 3.63) is 71.5 Å². The molecule has 0 bridgehead atoms. The van der Waals surface area contributed by atoms with Crippen LogP contribution in [0.4, 0.5) is 11.4 Å². The van der Waals surface area contributed by atoms with Crippen LogP contribution in [0, 0.1) is 0 Å². The monoisotopic (exact) mass is 986 g/mol. The van der Waals surface area contributed by atoms with Crippen molar-refractivity contribution >= 4 is 53.4 Å². The van der Waals surface area contributed by atoms with Gasteiger partial charge in [0.05, 0.1) is 78.2 Å². The Labute approximate surface area is 388 Å². The number of hydrogen-bond donors (Lipinski definition) is 1. The number of fused-ring (bicyclic) bond motifs is 2. The highest BCUT2D eigenvalue weighted by atomic mass is 32.2. The number of carboxylic acid groups (broad SMARTS) is 1. The summed E-state index contributed by atoms with van der Waals surface area (Å²) in [5, 5.41) is 9.19. The zero-order chi connectivity index (χ0) is 48.6. The molecule has 0 saturated heterocycles. The van der Waals surface area contributed by atoms with E-state index in [1.54, 1.807) is 32.3 Å². The molecule has 2 aliphatic rings. The first-order valence-corrected chi connectivity index (χ1v) is 26.0. The lowest BCUT2D eigenvalue weighted by Gasteiger charge is -2.30. The highest BCUT2D eigenvalue weighted by Crippen LogP contribution is 2.51. The van der Waals surface area contributed by atoms with Gasteiger partial charge in [0.25, 0.3) is 0 Å². The zero-order valence-electron chi connectivity index (χ0n) is 37.9. The summed E-state index contributed by atoms with van der Waals surface area (Å²) in [6.45, 7) is 7.74. The summed E-state index contributed by atoms with van der Waals surface area (Å²) in [6.07, 6.45) is 7.34. The molecule has 370 valence electrons. The van der Waals surface area contributed by atoms with Crippen LogP contribution < -0.4 is 4.90 Å². The first-order chi connectivity index (χ1) is 31.2. The molecule has 0 fully saturated rings. The number of benzene rings is 2. The Kier molecular flexibility index (Phi) is 20.9. The van der Waals surface area contributed by atoms with Crippen molar-refractivity contribution in [2.45, 2.75) is 79.4 Å². The fourth-order valence-electron chi connectivity index (χ4n) is 8.30. The van der Waals surface area contributed by atoms with E-state index in [-0.39, 0.29) is 52.2 Å². The summed E-state index contributed by atoms with van der Waals surface area (Å²) >= 11 is 0. The number of unbranched alkanes of at least 4 members (excludes halogenated alkanes) is 2. The van der Waals surface area contributed by atoms with Crippen molar-refractivity contribution in [2.24, 2.45) is 0 Å². The highest BCUT2D eigenvalue weighted by Gasteiger charge is 2.48. The average molecular weight is 987 g/mol. The molecule has 66 heavy (non-hydrogen) atoms. The lowest BCUT2D eigenvalue weighted by atomic mass is 9.75. The van der Waals surface area contributed by atoms with Crippen LogP contribution in [0.5, 0.6) is 0 Å². The van der Waals surface area contributed by atoms with Crippen LogP contribution in [0.15, 0.2) is 70.1 Å². The second kappa shape index (κ2) is 25.1. The van der Waals surface area contributed by atoms with Gasteiger partial charge in [-0.3, -0.25) is 4.79 Å². The van der Waals surface area contributed by atoms with Crippen molar-refractivity contribution in [2.75, 3.05) is 104 Å². The molecule has 1 N–H and O–H groups in total. The molecule has 4 rings (SSSR count). The summed E-state index contributed by atoms with van der Waals surface area (Å²) in [5.41, 5.74) is 1.47. The second-order valence-corrected chi connectivity index (χ2v) is 20.6. The maximum atomic E-state index is 12.3. The molecule has 2 aromatic rings.